The first-order chi connectivity index (χ1) is 16.3. The Morgan fingerprint density at radius 2 is 1.79 bits per heavy atom. The molecule has 1 aliphatic heterocycles. The molecule has 1 saturated heterocycles. The van der Waals surface area contributed by atoms with Crippen LogP contribution >= 0.6 is 11.3 Å². The number of carbonyl (C=O) groups excluding carboxylic acids is 1. The number of carbonyl (C=O) groups is 1. The van der Waals surface area contributed by atoms with Crippen LogP contribution in [0.5, 0.6) is 0 Å². The minimum absolute atomic E-state index is 0.264. The number of hydrogen-bond donors (Lipinski definition) is 1. The van der Waals surface area contributed by atoms with E-state index >= 15 is 0 Å². The Bertz CT molecular complexity index is 1130. The van der Waals surface area contributed by atoms with Crippen molar-refractivity contribution in [3.05, 3.63) is 76.3 Å². The summed E-state index contributed by atoms with van der Waals surface area (Å²) < 4.78 is 35.1. The van der Waals surface area contributed by atoms with Gasteiger partial charge in [-0.2, -0.15) is 0 Å². The van der Waals surface area contributed by atoms with Crippen molar-refractivity contribution in [3.63, 3.8) is 0 Å². The summed E-state index contributed by atoms with van der Waals surface area (Å²) in [6, 6.07) is 12.2. The highest BCUT2D eigenvalue weighted by Crippen LogP contribution is 2.34. The van der Waals surface area contributed by atoms with E-state index in [2.05, 4.69) is 15.2 Å². The van der Waals surface area contributed by atoms with Crippen LogP contribution in [0.15, 0.2) is 47.8 Å². The van der Waals surface area contributed by atoms with E-state index in [-0.39, 0.29) is 5.13 Å². The number of halogens is 2. The van der Waals surface area contributed by atoms with Crippen molar-refractivity contribution in [2.75, 3.05) is 57.2 Å². The maximum Gasteiger partial charge on any atom is 0.263 e. The van der Waals surface area contributed by atoms with Crippen molar-refractivity contribution in [1.29, 1.82) is 0 Å². The van der Waals surface area contributed by atoms with Gasteiger partial charge in [-0.1, -0.05) is 30.3 Å². The predicted octanol–water partition coefficient (Wildman–Crippen LogP) is 4.38. The van der Waals surface area contributed by atoms with Gasteiger partial charge in [0.05, 0.1) is 17.7 Å². The number of hydrogen-bond acceptors (Lipinski definition) is 6. The number of thiazole rings is 1. The highest BCUT2D eigenvalue weighted by atomic mass is 32.1. The number of rotatable bonds is 7. The second-order valence-corrected chi connectivity index (χ2v) is 9.56. The molecule has 1 aliphatic rings. The Morgan fingerprint density at radius 3 is 2.41 bits per heavy atom. The number of nitrogens with one attached hydrogen (secondary N) is 1. The Labute approximate surface area is 202 Å². The number of anilines is 2. The third kappa shape index (κ3) is 4.96. The summed E-state index contributed by atoms with van der Waals surface area (Å²) >= 11 is 1.20. The van der Waals surface area contributed by atoms with Crippen molar-refractivity contribution in [1.82, 2.24) is 9.88 Å². The maximum atomic E-state index is 14.8. The van der Waals surface area contributed by atoms with E-state index in [4.69, 9.17) is 4.74 Å². The van der Waals surface area contributed by atoms with Crippen molar-refractivity contribution in [2.24, 2.45) is 0 Å². The molecule has 1 atom stereocenters. The second-order valence-electron chi connectivity index (χ2n) is 8.70. The molecule has 34 heavy (non-hydrogen) atoms. The molecule has 0 saturated carbocycles. The normalized spacial score (nSPS) is 16.3. The molecule has 1 unspecified atom stereocenters. The molecule has 2 heterocycles. The van der Waals surface area contributed by atoms with Crippen LogP contribution in [0, 0.1) is 11.6 Å². The van der Waals surface area contributed by atoms with Crippen molar-refractivity contribution in [3.8, 4) is 0 Å². The van der Waals surface area contributed by atoms with Gasteiger partial charge in [0.15, 0.2) is 5.13 Å². The van der Waals surface area contributed by atoms with Crippen LogP contribution in [0.1, 0.15) is 28.5 Å². The number of nitrogens with zero attached hydrogens (tertiary/aromatic N) is 3. The van der Waals surface area contributed by atoms with Gasteiger partial charge in [0, 0.05) is 44.4 Å². The first-order valence-electron chi connectivity index (χ1n) is 11.1. The summed E-state index contributed by atoms with van der Waals surface area (Å²) in [5, 5.41) is 4.65. The fraction of sp³-hybridized carbons (Fsp3) is 0.360. The highest BCUT2D eigenvalue weighted by molar-refractivity contribution is 7.14. The Balaban J connectivity index is 1.54. The van der Waals surface area contributed by atoms with Crippen LogP contribution in [0.25, 0.3) is 0 Å². The van der Waals surface area contributed by atoms with Gasteiger partial charge in [-0.05, 0) is 31.7 Å². The van der Waals surface area contributed by atoms with Crippen LogP contribution in [0.3, 0.4) is 0 Å². The van der Waals surface area contributed by atoms with Crippen molar-refractivity contribution < 1.29 is 18.3 Å². The van der Waals surface area contributed by atoms with Gasteiger partial charge in [0.1, 0.15) is 17.2 Å². The van der Waals surface area contributed by atoms with Crippen molar-refractivity contribution in [2.45, 2.75) is 12.3 Å². The number of aromatic nitrogens is 1. The number of piperazine rings is 1. The average Bonchev–Trinajstić information content (AvgIpc) is 3.29. The molecule has 0 bridgehead atoms. The number of methoxy groups -OCH3 is 1. The first kappa shape index (κ1) is 24.3. The second kappa shape index (κ2) is 10.2. The fourth-order valence-corrected chi connectivity index (χ4v) is 5.01. The molecule has 0 radical (unpaired) electrons. The largest absolute Gasteiger partial charge is 0.383 e. The first-order valence-corrected chi connectivity index (χ1v) is 11.9. The summed E-state index contributed by atoms with van der Waals surface area (Å²) in [5.74, 6) is -2.65. The lowest BCUT2D eigenvalue weighted by atomic mass is 9.81. The molecule has 3 aromatic rings. The van der Waals surface area contributed by atoms with Crippen LogP contribution < -0.4 is 10.2 Å². The molecular formula is C25H28F2N4O2S. The third-order valence-electron chi connectivity index (χ3n) is 6.26. The van der Waals surface area contributed by atoms with Crippen LogP contribution in [-0.2, 0) is 10.2 Å². The molecule has 180 valence electrons. The van der Waals surface area contributed by atoms with Crippen LogP contribution in [0.2, 0.25) is 0 Å². The Kier molecular flexibility index (Phi) is 7.25. The lowest BCUT2D eigenvalue weighted by Crippen LogP contribution is -2.44. The lowest BCUT2D eigenvalue weighted by Gasteiger charge is -2.34. The molecule has 9 heteroatoms. The summed E-state index contributed by atoms with van der Waals surface area (Å²) in [6.07, 6.45) is 0. The smallest absolute Gasteiger partial charge is 0.263 e. The molecule has 2 aromatic carbocycles. The van der Waals surface area contributed by atoms with Gasteiger partial charge in [-0.25, -0.2) is 13.8 Å². The SMILES string of the molecule is COCC(C)(c1ccccc1)c1csc(NC(=O)c2c(F)cc(N3CCN(C)CC3)cc2F)n1. The van der Waals surface area contributed by atoms with E-state index in [0.29, 0.717) is 31.1 Å². The number of amides is 1. The molecule has 6 nitrogen and oxygen atoms in total. The molecule has 0 aliphatic carbocycles. The zero-order valence-electron chi connectivity index (χ0n) is 19.5. The molecule has 1 fully saturated rings. The standard InChI is InChI=1S/C25H28F2N4O2S/c1-25(16-33-3,17-7-5-4-6-8-17)21-15-34-24(28-21)29-23(32)22-19(26)13-18(14-20(22)27)31-11-9-30(2)10-12-31/h4-8,13-15H,9-12,16H2,1-3H3,(H,28,29,32). The lowest BCUT2D eigenvalue weighted by molar-refractivity contribution is 0.101. The van der Waals surface area contributed by atoms with Gasteiger partial charge < -0.3 is 14.5 Å². The summed E-state index contributed by atoms with van der Waals surface area (Å²) in [4.78, 5) is 21.4. The van der Waals surface area contributed by atoms with Gasteiger partial charge in [-0.15, -0.1) is 11.3 Å². The highest BCUT2D eigenvalue weighted by Gasteiger charge is 2.32. The van der Waals surface area contributed by atoms with Gasteiger partial charge >= 0.3 is 0 Å². The van der Waals surface area contributed by atoms with E-state index in [1.54, 1.807) is 7.11 Å². The molecule has 4 rings (SSSR count). The third-order valence-corrected chi connectivity index (χ3v) is 7.01. The minimum Gasteiger partial charge on any atom is -0.383 e. The van der Waals surface area contributed by atoms with Crippen LogP contribution in [0.4, 0.5) is 19.6 Å². The van der Waals surface area contributed by atoms with Gasteiger partial charge in [0.25, 0.3) is 5.91 Å². The molecule has 0 spiro atoms. The summed E-state index contributed by atoms with van der Waals surface area (Å²) in [7, 11) is 3.63. The quantitative estimate of drug-likeness (QED) is 0.537. The van der Waals surface area contributed by atoms with Crippen LogP contribution in [-0.4, -0.2) is 62.7 Å². The molecular weight excluding hydrogens is 458 g/mol. The zero-order valence-corrected chi connectivity index (χ0v) is 20.3. The molecule has 1 aromatic heterocycles. The summed E-state index contributed by atoms with van der Waals surface area (Å²) in [6.45, 7) is 5.34. The predicted molar refractivity (Wildman–Crippen MR) is 131 cm³/mol. The van der Waals surface area contributed by atoms with E-state index in [1.807, 2.05) is 54.6 Å². The Morgan fingerprint density at radius 1 is 1.15 bits per heavy atom. The van der Waals surface area contributed by atoms with E-state index in [0.717, 1.165) is 18.7 Å². The maximum absolute atomic E-state index is 14.8. The van der Waals surface area contributed by atoms with Gasteiger partial charge in [0.2, 0.25) is 0 Å². The van der Waals surface area contributed by atoms with E-state index in [1.165, 1.54) is 23.5 Å². The monoisotopic (exact) mass is 486 g/mol. The van der Waals surface area contributed by atoms with Crippen molar-refractivity contribution >= 4 is 28.1 Å². The minimum atomic E-state index is -0.892. The Hall–Kier alpha value is -2.88. The molecule has 1 N–H and O–H groups in total. The fourth-order valence-electron chi connectivity index (χ4n) is 4.17. The van der Waals surface area contributed by atoms with E-state index in [9.17, 15) is 13.6 Å². The topological polar surface area (TPSA) is 57.7 Å². The molecule has 1 amide bonds. The zero-order chi connectivity index (χ0) is 24.3. The number of benzene rings is 2. The summed E-state index contributed by atoms with van der Waals surface area (Å²) in [5.41, 5.74) is 0.992. The average molecular weight is 487 g/mol. The van der Waals surface area contributed by atoms with Gasteiger partial charge in [-0.3, -0.25) is 10.1 Å². The number of likely N-dealkylation sites (N-methyl/N-ethyl adjacent to an activating group) is 1. The number of ether oxygens (including phenoxy) is 1. The van der Waals surface area contributed by atoms with E-state index < -0.39 is 28.5 Å².